The molecule has 0 aromatic heterocycles. The van der Waals surface area contributed by atoms with Gasteiger partial charge in [0, 0.05) is 5.56 Å². The third kappa shape index (κ3) is 2.59. The monoisotopic (exact) mass is 290 g/mol. The number of hydrogen-bond acceptors (Lipinski definition) is 0. The second-order valence-corrected chi connectivity index (χ2v) is 5.49. The van der Waals surface area contributed by atoms with Crippen LogP contribution in [-0.4, -0.2) is 14.1 Å². The van der Waals surface area contributed by atoms with Crippen molar-refractivity contribution in [1.82, 2.24) is 4.48 Å². The molecule has 0 aliphatic carbocycles. The molecule has 2 aromatic rings. The van der Waals surface area contributed by atoms with E-state index in [0.717, 1.165) is 4.48 Å². The number of para-hydroxylation sites is 1. The molecule has 1 nitrogen and oxygen atoms in total. The Balaban J connectivity index is 2.33. The van der Waals surface area contributed by atoms with Crippen molar-refractivity contribution >= 4 is 21.6 Å². The van der Waals surface area contributed by atoms with Gasteiger partial charge >= 0.3 is 0 Å². The molecule has 0 bridgehead atoms. The van der Waals surface area contributed by atoms with Gasteiger partial charge in [-0.1, -0.05) is 48.5 Å². The second-order valence-electron chi connectivity index (χ2n) is 4.62. The summed E-state index contributed by atoms with van der Waals surface area (Å²) in [7, 11) is 4.42. The van der Waals surface area contributed by atoms with E-state index in [2.05, 4.69) is 84.6 Å². The summed E-state index contributed by atoms with van der Waals surface area (Å²) >= 11 is 3.82. The SMILES string of the molecule is C[N+](C)(c1ccccc1)C(Br)c1ccccc1. The van der Waals surface area contributed by atoms with Crippen LogP contribution < -0.4 is 4.48 Å². The van der Waals surface area contributed by atoms with Crippen molar-refractivity contribution in [2.45, 2.75) is 4.95 Å². The van der Waals surface area contributed by atoms with E-state index in [4.69, 9.17) is 0 Å². The van der Waals surface area contributed by atoms with Crippen LogP contribution in [0.2, 0.25) is 0 Å². The number of quaternary nitrogens is 1. The van der Waals surface area contributed by atoms with Crippen LogP contribution in [0.4, 0.5) is 5.69 Å². The average Bonchev–Trinajstić information content (AvgIpc) is 2.40. The van der Waals surface area contributed by atoms with Gasteiger partial charge in [0.05, 0.1) is 14.1 Å². The first-order valence-corrected chi connectivity index (χ1v) is 6.62. The molecule has 0 fully saturated rings. The highest BCUT2D eigenvalue weighted by atomic mass is 79.9. The highest BCUT2D eigenvalue weighted by Gasteiger charge is 2.29. The van der Waals surface area contributed by atoms with Gasteiger partial charge in [-0.05, 0) is 28.1 Å². The molecule has 1 atom stereocenters. The maximum atomic E-state index is 3.82. The van der Waals surface area contributed by atoms with Crippen LogP contribution in [0.25, 0.3) is 0 Å². The molecule has 0 radical (unpaired) electrons. The number of rotatable bonds is 3. The highest BCUT2D eigenvalue weighted by molar-refractivity contribution is 9.09. The van der Waals surface area contributed by atoms with E-state index in [9.17, 15) is 0 Å². The Morgan fingerprint density at radius 2 is 1.29 bits per heavy atom. The van der Waals surface area contributed by atoms with Crippen molar-refractivity contribution in [3.05, 3.63) is 66.2 Å². The second kappa shape index (κ2) is 5.03. The Morgan fingerprint density at radius 1 is 0.824 bits per heavy atom. The van der Waals surface area contributed by atoms with Gasteiger partial charge < -0.3 is 0 Å². The molecule has 0 saturated carbocycles. The van der Waals surface area contributed by atoms with E-state index in [1.54, 1.807) is 0 Å². The Kier molecular flexibility index (Phi) is 3.65. The minimum Gasteiger partial charge on any atom is -0.281 e. The predicted octanol–water partition coefficient (Wildman–Crippen LogP) is 4.35. The van der Waals surface area contributed by atoms with Gasteiger partial charge in [-0.15, -0.1) is 0 Å². The fraction of sp³-hybridized carbons (Fsp3) is 0.200. The van der Waals surface area contributed by atoms with Gasteiger partial charge in [0.15, 0.2) is 4.95 Å². The molecule has 0 aliphatic rings. The van der Waals surface area contributed by atoms with Crippen LogP contribution in [0.3, 0.4) is 0 Å². The molecule has 2 aromatic carbocycles. The maximum Gasteiger partial charge on any atom is 0.174 e. The molecular formula is C15H17BrN+. The molecule has 17 heavy (non-hydrogen) atoms. The van der Waals surface area contributed by atoms with Crippen molar-refractivity contribution in [1.29, 1.82) is 0 Å². The highest BCUT2D eigenvalue weighted by Crippen LogP contribution is 2.35. The maximum absolute atomic E-state index is 3.82. The zero-order chi connectivity index (χ0) is 12.3. The Morgan fingerprint density at radius 3 is 1.82 bits per heavy atom. The first kappa shape index (κ1) is 12.3. The van der Waals surface area contributed by atoms with E-state index in [1.165, 1.54) is 11.3 Å². The van der Waals surface area contributed by atoms with Crippen molar-refractivity contribution < 1.29 is 0 Å². The van der Waals surface area contributed by atoms with Crippen LogP contribution >= 0.6 is 15.9 Å². The van der Waals surface area contributed by atoms with Crippen LogP contribution in [0, 0.1) is 0 Å². The van der Waals surface area contributed by atoms with Gasteiger partial charge in [-0.25, -0.2) is 0 Å². The quantitative estimate of drug-likeness (QED) is 0.448. The lowest BCUT2D eigenvalue weighted by Crippen LogP contribution is -2.41. The fourth-order valence-corrected chi connectivity index (χ4v) is 2.47. The third-order valence-electron chi connectivity index (χ3n) is 3.06. The first-order valence-electron chi connectivity index (χ1n) is 5.70. The van der Waals surface area contributed by atoms with Gasteiger partial charge in [-0.3, -0.25) is 4.48 Å². The smallest absolute Gasteiger partial charge is 0.174 e. The van der Waals surface area contributed by atoms with Crippen molar-refractivity contribution in [3.63, 3.8) is 0 Å². The van der Waals surface area contributed by atoms with E-state index < -0.39 is 0 Å². The van der Waals surface area contributed by atoms with Crippen LogP contribution in [0.5, 0.6) is 0 Å². The van der Waals surface area contributed by atoms with Gasteiger partial charge in [0.2, 0.25) is 0 Å². The third-order valence-corrected chi connectivity index (χ3v) is 4.62. The predicted molar refractivity (Wildman–Crippen MR) is 78.2 cm³/mol. The Bertz CT molecular complexity index is 465. The minimum absolute atomic E-state index is 0.256. The summed E-state index contributed by atoms with van der Waals surface area (Å²) in [6, 6.07) is 21.1. The largest absolute Gasteiger partial charge is 0.281 e. The lowest BCUT2D eigenvalue weighted by atomic mass is 10.1. The minimum atomic E-state index is 0.256. The van der Waals surface area contributed by atoms with Gasteiger partial charge in [0.1, 0.15) is 5.69 Å². The number of alkyl halides is 1. The molecule has 0 amide bonds. The van der Waals surface area contributed by atoms with E-state index in [0.29, 0.717) is 0 Å². The summed E-state index contributed by atoms with van der Waals surface area (Å²) in [4.78, 5) is 0.256. The van der Waals surface area contributed by atoms with Crippen molar-refractivity contribution in [2.75, 3.05) is 14.1 Å². The summed E-state index contributed by atoms with van der Waals surface area (Å²) in [5.41, 5.74) is 2.58. The topological polar surface area (TPSA) is 0 Å². The van der Waals surface area contributed by atoms with Gasteiger partial charge in [0.25, 0.3) is 0 Å². The summed E-state index contributed by atoms with van der Waals surface area (Å²) < 4.78 is 0.783. The Labute approximate surface area is 111 Å². The normalized spacial score (nSPS) is 13.4. The number of nitrogens with zero attached hydrogens (tertiary/aromatic N) is 1. The van der Waals surface area contributed by atoms with Gasteiger partial charge in [-0.2, -0.15) is 0 Å². The summed E-state index contributed by atoms with van der Waals surface area (Å²) in [6.07, 6.45) is 0. The van der Waals surface area contributed by atoms with E-state index >= 15 is 0 Å². The number of halogens is 1. The van der Waals surface area contributed by atoms with Crippen molar-refractivity contribution in [3.8, 4) is 0 Å². The number of hydrogen-bond donors (Lipinski definition) is 0. The molecule has 0 N–H and O–H groups in total. The average molecular weight is 291 g/mol. The molecule has 0 spiro atoms. The van der Waals surface area contributed by atoms with Crippen LogP contribution in [-0.2, 0) is 0 Å². The molecule has 2 rings (SSSR count). The molecule has 1 unspecified atom stereocenters. The zero-order valence-electron chi connectivity index (χ0n) is 10.2. The summed E-state index contributed by atoms with van der Waals surface area (Å²) in [6.45, 7) is 0. The molecule has 2 heteroatoms. The molecule has 88 valence electrons. The van der Waals surface area contributed by atoms with Crippen molar-refractivity contribution in [2.24, 2.45) is 0 Å². The lowest BCUT2D eigenvalue weighted by Gasteiger charge is -2.34. The first-order chi connectivity index (χ1) is 8.12. The van der Waals surface area contributed by atoms with E-state index in [-0.39, 0.29) is 4.95 Å². The Hall–Kier alpha value is -1.12. The molecule has 0 aliphatic heterocycles. The molecule has 0 saturated heterocycles. The number of benzene rings is 2. The van der Waals surface area contributed by atoms with Crippen LogP contribution in [0.1, 0.15) is 10.5 Å². The summed E-state index contributed by atoms with van der Waals surface area (Å²) in [5.74, 6) is 0. The molecular weight excluding hydrogens is 274 g/mol. The zero-order valence-corrected chi connectivity index (χ0v) is 11.8. The van der Waals surface area contributed by atoms with Crippen LogP contribution in [0.15, 0.2) is 60.7 Å². The standard InChI is InChI=1S/C15H17BrN/c1-17(2,14-11-7-4-8-12-14)15(16)13-9-5-3-6-10-13/h3-12,15H,1-2H3/q+1. The van der Waals surface area contributed by atoms with E-state index in [1.807, 2.05) is 6.07 Å². The summed E-state index contributed by atoms with van der Waals surface area (Å²) in [5, 5.41) is 0. The lowest BCUT2D eigenvalue weighted by molar-refractivity contribution is 0.388. The molecule has 0 heterocycles. The fourth-order valence-electron chi connectivity index (χ4n) is 1.93.